The Kier molecular flexibility index (Phi) is 6.61. The lowest BCUT2D eigenvalue weighted by Gasteiger charge is -2.17. The number of aryl methyl sites for hydroxylation is 1. The maximum Gasteiger partial charge on any atom is 0.206 e. The lowest BCUT2D eigenvalue weighted by molar-refractivity contribution is 0.202. The Morgan fingerprint density at radius 1 is 0.933 bits per heavy atom. The van der Waals surface area contributed by atoms with E-state index in [2.05, 4.69) is 38.4 Å². The van der Waals surface area contributed by atoms with E-state index in [1.54, 1.807) is 30.6 Å². The molecule has 2 aromatic carbocycles. The molecule has 7 nitrogen and oxygen atoms in total. The van der Waals surface area contributed by atoms with E-state index in [0.717, 1.165) is 22.1 Å². The highest BCUT2D eigenvalue weighted by Gasteiger charge is 2.35. The minimum absolute atomic E-state index is 0.0842. The Morgan fingerprint density at radius 2 is 1.60 bits per heavy atom. The van der Waals surface area contributed by atoms with Crippen molar-refractivity contribution in [3.8, 4) is 0 Å². The summed E-state index contributed by atoms with van der Waals surface area (Å²) in [6.45, 7) is 2.59. The number of nitrogens with zero attached hydrogens (tertiary/aromatic N) is 6. The van der Waals surface area contributed by atoms with Crippen molar-refractivity contribution in [2.75, 3.05) is 25.8 Å². The zero-order valence-corrected chi connectivity index (χ0v) is 18.6. The summed E-state index contributed by atoms with van der Waals surface area (Å²) in [5, 5.41) is 19.2. The summed E-state index contributed by atoms with van der Waals surface area (Å²) in [5.74, 6) is 0. The fourth-order valence-electron chi connectivity index (χ4n) is 2.87. The van der Waals surface area contributed by atoms with E-state index in [4.69, 9.17) is 4.74 Å². The van der Waals surface area contributed by atoms with Gasteiger partial charge in [-0.25, -0.2) is 4.99 Å². The zero-order chi connectivity index (χ0) is 20.9. The quantitative estimate of drug-likeness (QED) is 0.392. The van der Waals surface area contributed by atoms with Gasteiger partial charge in [0.1, 0.15) is 17.1 Å². The first-order chi connectivity index (χ1) is 14.6. The van der Waals surface area contributed by atoms with E-state index >= 15 is 0 Å². The molecule has 2 unspecified atom stereocenters. The van der Waals surface area contributed by atoms with Crippen LogP contribution in [0.2, 0.25) is 0 Å². The number of ether oxygens (including phenoxy) is 1. The van der Waals surface area contributed by atoms with Gasteiger partial charge >= 0.3 is 0 Å². The molecule has 154 valence electrons. The highest BCUT2D eigenvalue weighted by atomic mass is 32.2. The molecule has 2 atom stereocenters. The molecule has 0 amide bonds. The monoisotopic (exact) mass is 438 g/mol. The number of azo groups is 2. The molecule has 2 aliphatic heterocycles. The second kappa shape index (κ2) is 9.55. The molecular weight excluding hydrogens is 416 g/mol. The topological polar surface area (TPSA) is 74.3 Å². The summed E-state index contributed by atoms with van der Waals surface area (Å²) in [4.78, 5) is 6.67. The van der Waals surface area contributed by atoms with E-state index in [1.807, 2.05) is 60.5 Å². The average molecular weight is 439 g/mol. The maximum absolute atomic E-state index is 5.14. The molecule has 30 heavy (non-hydrogen) atoms. The van der Waals surface area contributed by atoms with E-state index in [1.165, 1.54) is 5.56 Å². The predicted molar refractivity (Wildman–Crippen MR) is 125 cm³/mol. The first kappa shape index (κ1) is 20.8. The van der Waals surface area contributed by atoms with Crippen LogP contribution in [0.15, 0.2) is 85.1 Å². The second-order valence-corrected chi connectivity index (χ2v) is 9.16. The zero-order valence-electron chi connectivity index (χ0n) is 17.0. The molecule has 2 aliphatic rings. The van der Waals surface area contributed by atoms with Crippen molar-refractivity contribution in [3.05, 3.63) is 65.2 Å². The van der Waals surface area contributed by atoms with E-state index in [-0.39, 0.29) is 10.6 Å². The number of benzene rings is 2. The van der Waals surface area contributed by atoms with Crippen LogP contribution in [-0.2, 0) is 4.74 Å². The largest absolute Gasteiger partial charge is 0.364 e. The smallest absolute Gasteiger partial charge is 0.206 e. The number of amidine groups is 1. The van der Waals surface area contributed by atoms with Crippen molar-refractivity contribution < 1.29 is 4.74 Å². The molecule has 0 bridgehead atoms. The van der Waals surface area contributed by atoms with Crippen molar-refractivity contribution in [2.45, 2.75) is 17.5 Å². The van der Waals surface area contributed by atoms with E-state index in [9.17, 15) is 0 Å². The van der Waals surface area contributed by atoms with Crippen LogP contribution in [0.4, 0.5) is 17.1 Å². The number of anilines is 1. The highest BCUT2D eigenvalue weighted by Crippen LogP contribution is 2.45. The summed E-state index contributed by atoms with van der Waals surface area (Å²) in [6, 6.07) is 15.9. The summed E-state index contributed by atoms with van der Waals surface area (Å²) >= 11 is 3.22. The molecule has 0 saturated heterocycles. The van der Waals surface area contributed by atoms with Gasteiger partial charge in [0.2, 0.25) is 5.17 Å². The fraction of sp³-hybridized carbons (Fsp3) is 0.286. The lowest BCUT2D eigenvalue weighted by atomic mass is 10.2. The fourth-order valence-corrected chi connectivity index (χ4v) is 5.17. The minimum atomic E-state index is 0.0842. The van der Waals surface area contributed by atoms with Crippen LogP contribution < -0.4 is 4.90 Å². The summed E-state index contributed by atoms with van der Waals surface area (Å²) in [5.41, 5.74) is 3.91. The Hall–Kier alpha value is -2.49. The lowest BCUT2D eigenvalue weighted by Crippen LogP contribution is -2.19. The molecule has 0 spiro atoms. The van der Waals surface area contributed by atoms with Gasteiger partial charge < -0.3 is 9.64 Å². The second-order valence-electron chi connectivity index (χ2n) is 6.88. The van der Waals surface area contributed by atoms with Gasteiger partial charge in [-0.2, -0.15) is 5.11 Å². The molecule has 0 fully saturated rings. The summed E-state index contributed by atoms with van der Waals surface area (Å²) in [6.07, 6.45) is 2.10. The van der Waals surface area contributed by atoms with Crippen molar-refractivity contribution in [1.29, 1.82) is 0 Å². The number of aliphatic imine (C=N–C) groups is 1. The van der Waals surface area contributed by atoms with Crippen LogP contribution in [0, 0.1) is 6.92 Å². The third kappa shape index (κ3) is 5.16. The van der Waals surface area contributed by atoms with Crippen molar-refractivity contribution in [2.24, 2.45) is 25.4 Å². The molecule has 0 radical (unpaired) electrons. The van der Waals surface area contributed by atoms with Crippen LogP contribution in [0.3, 0.4) is 0 Å². The Balaban J connectivity index is 1.32. The van der Waals surface area contributed by atoms with Gasteiger partial charge in [0.15, 0.2) is 0 Å². The normalized spacial score (nSPS) is 20.6. The number of rotatable bonds is 6. The van der Waals surface area contributed by atoms with Crippen LogP contribution in [0.5, 0.6) is 0 Å². The molecular formula is C21H22N6OS2. The van der Waals surface area contributed by atoms with Crippen LogP contribution in [0.1, 0.15) is 5.56 Å². The molecule has 4 rings (SSSR count). The summed E-state index contributed by atoms with van der Waals surface area (Å²) in [7, 11) is 3.65. The van der Waals surface area contributed by atoms with Crippen molar-refractivity contribution >= 4 is 45.8 Å². The Labute approximate surface area is 184 Å². The maximum atomic E-state index is 5.14. The Bertz CT molecular complexity index is 1000. The SMILES string of the molecule is COCN(C)c1ccc(N=NC2=NC3SC(N=Nc4ccc(C)cc4)=CC3S2)cc1. The first-order valence-electron chi connectivity index (χ1n) is 9.44. The van der Waals surface area contributed by atoms with Crippen LogP contribution >= 0.6 is 23.5 Å². The molecule has 0 saturated carbocycles. The molecule has 2 heterocycles. The standard InChI is InChI=1S/C21H22N6OS2/c1-14-4-6-15(7-5-14)23-25-19-12-18-20(30-19)22-21(29-18)26-24-16-8-10-17(11-9-16)27(2)13-28-3/h4-12,18,20H,13H2,1-3H3. The summed E-state index contributed by atoms with van der Waals surface area (Å²) < 4.78 is 5.14. The van der Waals surface area contributed by atoms with Crippen molar-refractivity contribution in [1.82, 2.24) is 0 Å². The van der Waals surface area contributed by atoms with Gasteiger partial charge in [-0.15, -0.1) is 15.3 Å². The number of methoxy groups -OCH3 is 1. The molecule has 0 N–H and O–H groups in total. The Morgan fingerprint density at radius 3 is 2.27 bits per heavy atom. The highest BCUT2D eigenvalue weighted by molar-refractivity contribution is 8.16. The van der Waals surface area contributed by atoms with Gasteiger partial charge in [0, 0.05) is 19.8 Å². The van der Waals surface area contributed by atoms with Gasteiger partial charge in [-0.1, -0.05) is 41.2 Å². The third-order valence-electron chi connectivity index (χ3n) is 4.47. The number of hydrogen-bond acceptors (Lipinski definition) is 9. The van der Waals surface area contributed by atoms with Gasteiger partial charge in [-0.05, 0) is 49.4 Å². The van der Waals surface area contributed by atoms with Crippen LogP contribution in [-0.4, -0.2) is 36.7 Å². The molecule has 2 aromatic rings. The number of hydrogen-bond donors (Lipinski definition) is 0. The van der Waals surface area contributed by atoms with Gasteiger partial charge in [-0.3, -0.25) is 0 Å². The predicted octanol–water partition coefficient (Wildman–Crippen LogP) is 6.29. The minimum Gasteiger partial charge on any atom is -0.364 e. The number of fused-ring (bicyclic) bond motifs is 1. The number of thioether (sulfide) groups is 2. The van der Waals surface area contributed by atoms with E-state index < -0.39 is 0 Å². The van der Waals surface area contributed by atoms with E-state index in [0.29, 0.717) is 11.9 Å². The average Bonchev–Trinajstić information content (AvgIpc) is 3.31. The molecule has 0 aliphatic carbocycles. The molecule has 0 aromatic heterocycles. The van der Waals surface area contributed by atoms with Gasteiger partial charge in [0.25, 0.3) is 0 Å². The first-order valence-corrected chi connectivity index (χ1v) is 11.2. The van der Waals surface area contributed by atoms with Crippen LogP contribution in [0.25, 0.3) is 0 Å². The molecule has 9 heteroatoms. The third-order valence-corrected chi connectivity index (χ3v) is 6.81. The van der Waals surface area contributed by atoms with Gasteiger partial charge in [0.05, 0.1) is 16.6 Å². The van der Waals surface area contributed by atoms with Crippen molar-refractivity contribution in [3.63, 3.8) is 0 Å².